The highest BCUT2D eigenvalue weighted by molar-refractivity contribution is 5.98. The molecule has 18 heavy (non-hydrogen) atoms. The van der Waals surface area contributed by atoms with Crippen LogP contribution >= 0.6 is 0 Å². The molecule has 4 heteroatoms. The Morgan fingerprint density at radius 1 is 1.50 bits per heavy atom. The molecule has 0 saturated heterocycles. The van der Waals surface area contributed by atoms with Gasteiger partial charge in [-0.05, 0) is 30.7 Å². The predicted molar refractivity (Wildman–Crippen MR) is 72.5 cm³/mol. The maximum Gasteiger partial charge on any atom is 0.176 e. The number of benzene rings is 1. The first-order valence-electron chi connectivity index (χ1n) is 6.41. The average Bonchev–Trinajstić information content (AvgIpc) is 2.37. The molecular weight excluding hydrogens is 228 g/mol. The number of Topliss-reactive ketones (excluding diaryl/α,β-unsaturated/α-hetero) is 1. The third-order valence-electron chi connectivity index (χ3n) is 2.81. The highest BCUT2D eigenvalue weighted by atomic mass is 16.5. The Balaban J connectivity index is 1.98. The lowest BCUT2D eigenvalue weighted by atomic mass is 10.1. The van der Waals surface area contributed by atoms with E-state index in [4.69, 9.17) is 4.74 Å². The molecule has 0 amide bonds. The van der Waals surface area contributed by atoms with Crippen LogP contribution in [0.4, 0.5) is 5.69 Å². The van der Waals surface area contributed by atoms with Crippen molar-refractivity contribution < 1.29 is 9.53 Å². The zero-order chi connectivity index (χ0) is 13.0. The van der Waals surface area contributed by atoms with E-state index in [0.717, 1.165) is 30.1 Å². The molecule has 1 aromatic rings. The quantitative estimate of drug-likeness (QED) is 0.782. The molecule has 0 aliphatic carbocycles. The molecule has 1 aromatic carbocycles. The SMILES string of the molecule is CC(C)CNCC(=O)c1ccc2c(c1)NCCO2. The first-order valence-corrected chi connectivity index (χ1v) is 6.41. The predicted octanol–water partition coefficient (Wildman–Crippen LogP) is 1.92. The van der Waals surface area contributed by atoms with Crippen LogP contribution in [0.3, 0.4) is 0 Å². The molecule has 0 spiro atoms. The van der Waals surface area contributed by atoms with Crippen LogP contribution in [-0.2, 0) is 0 Å². The molecule has 0 bridgehead atoms. The van der Waals surface area contributed by atoms with Crippen LogP contribution in [0.5, 0.6) is 5.75 Å². The van der Waals surface area contributed by atoms with E-state index in [1.165, 1.54) is 0 Å². The molecule has 0 atom stereocenters. The second-order valence-corrected chi connectivity index (χ2v) is 4.93. The van der Waals surface area contributed by atoms with Gasteiger partial charge >= 0.3 is 0 Å². The van der Waals surface area contributed by atoms with E-state index < -0.39 is 0 Å². The van der Waals surface area contributed by atoms with Crippen LogP contribution in [0.25, 0.3) is 0 Å². The molecule has 0 unspecified atom stereocenters. The fourth-order valence-electron chi connectivity index (χ4n) is 1.89. The molecule has 2 rings (SSSR count). The summed E-state index contributed by atoms with van der Waals surface area (Å²) in [6.45, 7) is 6.96. The number of carbonyl (C=O) groups excluding carboxylic acids is 1. The minimum absolute atomic E-state index is 0.117. The van der Waals surface area contributed by atoms with Crippen LogP contribution in [-0.4, -0.2) is 32.0 Å². The smallest absolute Gasteiger partial charge is 0.176 e. The minimum Gasteiger partial charge on any atom is -0.490 e. The summed E-state index contributed by atoms with van der Waals surface area (Å²) in [6, 6.07) is 5.55. The van der Waals surface area contributed by atoms with Crippen molar-refractivity contribution in [2.24, 2.45) is 5.92 Å². The average molecular weight is 248 g/mol. The van der Waals surface area contributed by atoms with Gasteiger partial charge in [-0.3, -0.25) is 4.79 Å². The van der Waals surface area contributed by atoms with Crippen LogP contribution in [0.15, 0.2) is 18.2 Å². The number of hydrogen-bond acceptors (Lipinski definition) is 4. The number of rotatable bonds is 5. The molecule has 0 aromatic heterocycles. The summed E-state index contributed by atoms with van der Waals surface area (Å²) in [7, 11) is 0. The summed E-state index contributed by atoms with van der Waals surface area (Å²) >= 11 is 0. The van der Waals surface area contributed by atoms with Gasteiger partial charge in [0.2, 0.25) is 0 Å². The third kappa shape index (κ3) is 3.23. The van der Waals surface area contributed by atoms with E-state index in [0.29, 0.717) is 19.1 Å². The first-order chi connectivity index (χ1) is 8.66. The van der Waals surface area contributed by atoms with Crippen molar-refractivity contribution in [3.63, 3.8) is 0 Å². The van der Waals surface area contributed by atoms with E-state index in [1.807, 2.05) is 18.2 Å². The van der Waals surface area contributed by atoms with Gasteiger partial charge in [-0.25, -0.2) is 0 Å². The molecule has 98 valence electrons. The van der Waals surface area contributed by atoms with Gasteiger partial charge < -0.3 is 15.4 Å². The summed E-state index contributed by atoms with van der Waals surface area (Å²) in [5, 5.41) is 6.40. The summed E-state index contributed by atoms with van der Waals surface area (Å²) in [5.74, 6) is 1.50. The second-order valence-electron chi connectivity index (χ2n) is 4.93. The van der Waals surface area contributed by atoms with Gasteiger partial charge in [-0.2, -0.15) is 0 Å². The van der Waals surface area contributed by atoms with Crippen LogP contribution in [0, 0.1) is 5.92 Å². The first kappa shape index (κ1) is 12.9. The molecule has 1 aliphatic heterocycles. The normalized spacial score (nSPS) is 13.7. The van der Waals surface area contributed by atoms with Crippen molar-refractivity contribution >= 4 is 11.5 Å². The topological polar surface area (TPSA) is 50.4 Å². The fraction of sp³-hybridized carbons (Fsp3) is 0.500. The summed E-state index contributed by atoms with van der Waals surface area (Å²) in [5.41, 5.74) is 1.64. The van der Waals surface area contributed by atoms with Gasteiger partial charge in [0.25, 0.3) is 0 Å². The van der Waals surface area contributed by atoms with Crippen molar-refractivity contribution in [3.8, 4) is 5.75 Å². The highest BCUT2D eigenvalue weighted by Crippen LogP contribution is 2.28. The Hall–Kier alpha value is -1.55. The molecular formula is C14H20N2O2. The Bertz CT molecular complexity index is 430. The summed E-state index contributed by atoms with van der Waals surface area (Å²) < 4.78 is 5.48. The maximum atomic E-state index is 12.0. The molecule has 0 radical (unpaired) electrons. The lowest BCUT2D eigenvalue weighted by Crippen LogP contribution is -2.27. The number of anilines is 1. The zero-order valence-electron chi connectivity index (χ0n) is 11.0. The van der Waals surface area contributed by atoms with Crippen molar-refractivity contribution in [3.05, 3.63) is 23.8 Å². The van der Waals surface area contributed by atoms with Gasteiger partial charge in [-0.1, -0.05) is 13.8 Å². The van der Waals surface area contributed by atoms with Crippen LogP contribution in [0.2, 0.25) is 0 Å². The lowest BCUT2D eigenvalue weighted by molar-refractivity contribution is 0.0990. The van der Waals surface area contributed by atoms with E-state index in [-0.39, 0.29) is 5.78 Å². The van der Waals surface area contributed by atoms with Crippen LogP contribution < -0.4 is 15.4 Å². The van der Waals surface area contributed by atoms with Gasteiger partial charge in [0.15, 0.2) is 5.78 Å². The van der Waals surface area contributed by atoms with E-state index in [9.17, 15) is 4.79 Å². The third-order valence-corrected chi connectivity index (χ3v) is 2.81. The Kier molecular flexibility index (Phi) is 4.20. The van der Waals surface area contributed by atoms with Crippen molar-refractivity contribution in [2.75, 3.05) is 31.6 Å². The largest absolute Gasteiger partial charge is 0.490 e. The van der Waals surface area contributed by atoms with E-state index >= 15 is 0 Å². The van der Waals surface area contributed by atoms with Crippen molar-refractivity contribution in [1.82, 2.24) is 5.32 Å². The zero-order valence-corrected chi connectivity index (χ0v) is 11.0. The Morgan fingerprint density at radius 2 is 2.33 bits per heavy atom. The molecule has 4 nitrogen and oxygen atoms in total. The number of ketones is 1. The van der Waals surface area contributed by atoms with E-state index in [1.54, 1.807) is 0 Å². The number of ether oxygens (including phenoxy) is 1. The number of carbonyl (C=O) groups is 1. The van der Waals surface area contributed by atoms with Gasteiger partial charge in [-0.15, -0.1) is 0 Å². The Morgan fingerprint density at radius 3 is 3.11 bits per heavy atom. The monoisotopic (exact) mass is 248 g/mol. The van der Waals surface area contributed by atoms with Crippen molar-refractivity contribution in [2.45, 2.75) is 13.8 Å². The highest BCUT2D eigenvalue weighted by Gasteiger charge is 2.13. The summed E-state index contributed by atoms with van der Waals surface area (Å²) in [6.07, 6.45) is 0. The number of hydrogen-bond donors (Lipinski definition) is 2. The van der Waals surface area contributed by atoms with Gasteiger partial charge in [0.1, 0.15) is 12.4 Å². The number of fused-ring (bicyclic) bond motifs is 1. The lowest BCUT2D eigenvalue weighted by Gasteiger charge is -2.19. The van der Waals surface area contributed by atoms with E-state index in [2.05, 4.69) is 24.5 Å². The molecule has 0 fully saturated rings. The molecule has 1 aliphatic rings. The fourth-order valence-corrected chi connectivity index (χ4v) is 1.89. The molecule has 2 N–H and O–H groups in total. The van der Waals surface area contributed by atoms with Crippen LogP contribution in [0.1, 0.15) is 24.2 Å². The van der Waals surface area contributed by atoms with Gasteiger partial charge in [0, 0.05) is 12.1 Å². The summed E-state index contributed by atoms with van der Waals surface area (Å²) in [4.78, 5) is 12.0. The molecule has 1 heterocycles. The van der Waals surface area contributed by atoms with Gasteiger partial charge in [0.05, 0.1) is 12.2 Å². The molecule has 0 saturated carbocycles. The minimum atomic E-state index is 0.117. The second kappa shape index (κ2) is 5.87. The van der Waals surface area contributed by atoms with Crippen molar-refractivity contribution in [1.29, 1.82) is 0 Å². The number of nitrogens with one attached hydrogen (secondary N) is 2. The maximum absolute atomic E-state index is 12.0. The Labute approximate surface area is 108 Å². The standard InChI is InChI=1S/C14H20N2O2/c1-10(2)8-15-9-13(17)11-3-4-14-12(7-11)16-5-6-18-14/h3-4,7,10,15-16H,5-6,8-9H2,1-2H3.